The number of nitrogens with one attached hydrogen (secondary N) is 2. The molecule has 2 N–H and O–H groups in total. The van der Waals surface area contributed by atoms with Gasteiger partial charge in [0.15, 0.2) is 0 Å². The number of ether oxygens (including phenoxy) is 1. The van der Waals surface area contributed by atoms with E-state index in [1.54, 1.807) is 55.6 Å². The van der Waals surface area contributed by atoms with Gasteiger partial charge in [-0.05, 0) is 47.5 Å². The van der Waals surface area contributed by atoms with Crippen molar-refractivity contribution >= 4 is 18.0 Å². The Morgan fingerprint density at radius 2 is 1.52 bits per heavy atom. The zero-order valence-corrected chi connectivity index (χ0v) is 15.9. The molecule has 1 atom stereocenters. The Morgan fingerprint density at radius 3 is 2.14 bits per heavy atom. The summed E-state index contributed by atoms with van der Waals surface area (Å²) in [7, 11) is 1.59. The topological polar surface area (TPSA) is 79.8 Å². The summed E-state index contributed by atoms with van der Waals surface area (Å²) in [5.74, 6) is -0.0436. The Kier molecular flexibility index (Phi) is 6.73. The van der Waals surface area contributed by atoms with Crippen LogP contribution in [0.4, 0.5) is 0 Å². The maximum Gasteiger partial charge on any atom is 0.267 e. The van der Waals surface area contributed by atoms with Gasteiger partial charge in [0.05, 0.1) is 13.3 Å². The van der Waals surface area contributed by atoms with Crippen molar-refractivity contribution in [2.75, 3.05) is 7.11 Å². The van der Waals surface area contributed by atoms with Crippen molar-refractivity contribution in [1.82, 2.24) is 10.7 Å². The second-order valence-corrected chi connectivity index (χ2v) is 6.19. The zero-order chi connectivity index (χ0) is 20.5. The van der Waals surface area contributed by atoms with Gasteiger partial charge in [-0.15, -0.1) is 0 Å². The van der Waals surface area contributed by atoms with E-state index in [2.05, 4.69) is 15.8 Å². The van der Waals surface area contributed by atoms with Crippen molar-refractivity contribution in [2.24, 2.45) is 5.10 Å². The van der Waals surface area contributed by atoms with E-state index in [0.717, 1.165) is 11.3 Å². The number of nitrogens with zero attached hydrogens (tertiary/aromatic N) is 1. The highest BCUT2D eigenvalue weighted by Gasteiger charge is 2.23. The van der Waals surface area contributed by atoms with E-state index >= 15 is 0 Å². The molecule has 29 heavy (non-hydrogen) atoms. The Labute approximate surface area is 169 Å². The van der Waals surface area contributed by atoms with Gasteiger partial charge in [-0.1, -0.05) is 48.5 Å². The van der Waals surface area contributed by atoms with Gasteiger partial charge in [-0.25, -0.2) is 5.43 Å². The van der Waals surface area contributed by atoms with Crippen LogP contribution in [0.1, 0.15) is 27.5 Å². The van der Waals surface area contributed by atoms with Crippen LogP contribution in [0.2, 0.25) is 0 Å². The lowest BCUT2D eigenvalue weighted by atomic mass is 10.1. The number of hydrogen-bond donors (Lipinski definition) is 2. The number of methoxy groups -OCH3 is 1. The first-order valence-electron chi connectivity index (χ1n) is 9.05. The summed E-state index contributed by atoms with van der Waals surface area (Å²) >= 11 is 0. The van der Waals surface area contributed by atoms with Crippen LogP contribution in [0.25, 0.3) is 0 Å². The van der Waals surface area contributed by atoms with Gasteiger partial charge >= 0.3 is 0 Å². The van der Waals surface area contributed by atoms with Crippen molar-refractivity contribution < 1.29 is 14.3 Å². The van der Waals surface area contributed by atoms with Crippen molar-refractivity contribution in [2.45, 2.75) is 6.04 Å². The predicted octanol–water partition coefficient (Wildman–Crippen LogP) is 3.32. The molecule has 3 aromatic rings. The number of amides is 2. The van der Waals surface area contributed by atoms with Crippen molar-refractivity contribution in [3.05, 3.63) is 102 Å². The molecule has 6 heteroatoms. The molecular formula is C23H21N3O3. The first-order chi connectivity index (χ1) is 14.2. The molecule has 0 radical (unpaired) electrons. The van der Waals surface area contributed by atoms with Gasteiger partial charge in [0.1, 0.15) is 11.8 Å². The molecule has 0 fully saturated rings. The van der Waals surface area contributed by atoms with E-state index in [9.17, 15) is 9.59 Å². The fourth-order valence-electron chi connectivity index (χ4n) is 2.67. The van der Waals surface area contributed by atoms with E-state index in [1.807, 2.05) is 36.4 Å². The van der Waals surface area contributed by atoms with E-state index < -0.39 is 11.9 Å². The summed E-state index contributed by atoms with van der Waals surface area (Å²) in [6, 6.07) is 24.1. The third-order valence-electron chi connectivity index (χ3n) is 4.21. The van der Waals surface area contributed by atoms with E-state index in [4.69, 9.17) is 4.74 Å². The van der Waals surface area contributed by atoms with Crippen molar-refractivity contribution in [3.8, 4) is 5.75 Å². The average molecular weight is 387 g/mol. The van der Waals surface area contributed by atoms with Crippen LogP contribution in [-0.4, -0.2) is 25.1 Å². The van der Waals surface area contributed by atoms with Crippen LogP contribution in [0.5, 0.6) is 5.75 Å². The number of rotatable bonds is 7. The largest absolute Gasteiger partial charge is 0.497 e. The van der Waals surface area contributed by atoms with Crippen LogP contribution in [0.15, 0.2) is 90.0 Å². The smallest absolute Gasteiger partial charge is 0.267 e. The summed E-state index contributed by atoms with van der Waals surface area (Å²) in [4.78, 5) is 25.3. The van der Waals surface area contributed by atoms with Gasteiger partial charge in [0.2, 0.25) is 0 Å². The van der Waals surface area contributed by atoms with Crippen LogP contribution < -0.4 is 15.5 Å². The molecule has 0 saturated heterocycles. The van der Waals surface area contributed by atoms with Crippen LogP contribution >= 0.6 is 0 Å². The minimum atomic E-state index is -0.878. The molecule has 146 valence electrons. The molecule has 0 aliphatic carbocycles. The number of hydrazone groups is 1. The van der Waals surface area contributed by atoms with Gasteiger partial charge in [-0.2, -0.15) is 5.10 Å². The molecule has 0 unspecified atom stereocenters. The van der Waals surface area contributed by atoms with Crippen LogP contribution in [0, 0.1) is 0 Å². The summed E-state index contributed by atoms with van der Waals surface area (Å²) < 4.78 is 5.11. The summed E-state index contributed by atoms with van der Waals surface area (Å²) in [6.07, 6.45) is 1.53. The molecule has 2 amide bonds. The summed E-state index contributed by atoms with van der Waals surface area (Å²) in [5.41, 5.74) is 4.44. The number of carbonyl (C=O) groups excluding carboxylic acids is 2. The fourth-order valence-corrected chi connectivity index (χ4v) is 2.67. The lowest BCUT2D eigenvalue weighted by Crippen LogP contribution is -2.38. The quantitative estimate of drug-likeness (QED) is 0.482. The van der Waals surface area contributed by atoms with E-state index in [0.29, 0.717) is 11.1 Å². The molecule has 0 saturated carbocycles. The van der Waals surface area contributed by atoms with Crippen molar-refractivity contribution in [1.29, 1.82) is 0 Å². The highest BCUT2D eigenvalue weighted by molar-refractivity contribution is 5.98. The molecule has 6 nitrogen and oxygen atoms in total. The van der Waals surface area contributed by atoms with E-state index in [1.165, 1.54) is 6.21 Å². The fraction of sp³-hybridized carbons (Fsp3) is 0.0870. The first-order valence-corrected chi connectivity index (χ1v) is 9.05. The Balaban J connectivity index is 1.72. The first kappa shape index (κ1) is 19.8. The second-order valence-electron chi connectivity index (χ2n) is 6.19. The molecule has 0 bridgehead atoms. The Hall–Kier alpha value is -3.93. The third kappa shape index (κ3) is 5.52. The molecule has 0 aromatic heterocycles. The van der Waals surface area contributed by atoms with Gasteiger partial charge in [-0.3, -0.25) is 9.59 Å². The lowest BCUT2D eigenvalue weighted by Gasteiger charge is -2.17. The molecule has 0 spiro atoms. The monoisotopic (exact) mass is 387 g/mol. The maximum absolute atomic E-state index is 12.7. The number of hydrogen-bond acceptors (Lipinski definition) is 4. The van der Waals surface area contributed by atoms with Gasteiger partial charge in [0, 0.05) is 5.56 Å². The molecule has 3 aromatic carbocycles. The minimum absolute atomic E-state index is 0.339. The molecular weight excluding hydrogens is 366 g/mol. The van der Waals surface area contributed by atoms with Gasteiger partial charge < -0.3 is 10.1 Å². The Bertz CT molecular complexity index is 971. The Morgan fingerprint density at radius 1 is 0.897 bits per heavy atom. The third-order valence-corrected chi connectivity index (χ3v) is 4.21. The maximum atomic E-state index is 12.7. The van der Waals surface area contributed by atoms with Crippen molar-refractivity contribution in [3.63, 3.8) is 0 Å². The molecule has 0 aliphatic rings. The normalized spacial score (nSPS) is 11.6. The lowest BCUT2D eigenvalue weighted by molar-refractivity contribution is -0.123. The number of carbonyl (C=O) groups is 2. The average Bonchev–Trinajstić information content (AvgIpc) is 2.79. The second kappa shape index (κ2) is 9.85. The summed E-state index contributed by atoms with van der Waals surface area (Å²) in [5, 5.41) is 6.78. The minimum Gasteiger partial charge on any atom is -0.497 e. The summed E-state index contributed by atoms with van der Waals surface area (Å²) in [6.45, 7) is 0. The highest BCUT2D eigenvalue weighted by Crippen LogP contribution is 2.14. The zero-order valence-electron chi connectivity index (χ0n) is 15.9. The van der Waals surface area contributed by atoms with Gasteiger partial charge in [0.25, 0.3) is 11.8 Å². The standard InChI is InChI=1S/C23H21N3O3/c1-29-20-14-12-17(13-15-20)16-24-26-23(28)21(18-8-4-2-5-9-18)25-22(27)19-10-6-3-7-11-19/h2-16,21H,1H3,(H,25,27)(H,26,28)/b24-16-/t21-/m1/s1. The molecule has 0 heterocycles. The highest BCUT2D eigenvalue weighted by atomic mass is 16.5. The van der Waals surface area contributed by atoms with Crippen LogP contribution in [-0.2, 0) is 4.79 Å². The SMILES string of the molecule is COc1ccc(/C=N\NC(=O)[C@H](NC(=O)c2ccccc2)c2ccccc2)cc1. The molecule has 3 rings (SSSR count). The molecule has 0 aliphatic heterocycles. The van der Waals surface area contributed by atoms with E-state index in [-0.39, 0.29) is 5.91 Å². The van der Waals surface area contributed by atoms with Crippen LogP contribution in [0.3, 0.4) is 0 Å². The number of benzene rings is 3. The predicted molar refractivity (Wildman–Crippen MR) is 112 cm³/mol.